The summed E-state index contributed by atoms with van der Waals surface area (Å²) in [5, 5.41) is 2.27. The van der Waals surface area contributed by atoms with Gasteiger partial charge in [-0.05, 0) is 37.1 Å². The molecule has 0 atom stereocenters. The third kappa shape index (κ3) is 2.34. The van der Waals surface area contributed by atoms with Crippen LogP contribution in [-0.4, -0.2) is 17.4 Å². The molecule has 0 saturated carbocycles. The molecule has 0 amide bonds. The van der Waals surface area contributed by atoms with Crippen molar-refractivity contribution in [3.05, 3.63) is 30.0 Å². The predicted molar refractivity (Wildman–Crippen MR) is 67.0 cm³/mol. The van der Waals surface area contributed by atoms with Crippen LogP contribution < -0.4 is 4.74 Å². The average molecular weight is 268 g/mol. The van der Waals surface area contributed by atoms with Crippen LogP contribution in [0.1, 0.15) is 12.1 Å². The van der Waals surface area contributed by atoms with E-state index in [0.29, 0.717) is 0 Å². The van der Waals surface area contributed by atoms with Gasteiger partial charge in [0.1, 0.15) is 5.75 Å². The van der Waals surface area contributed by atoms with E-state index in [4.69, 9.17) is 4.74 Å². The Hall–Kier alpha value is -0.960. The number of aromatic amines is 1. The molecule has 0 aliphatic rings. The zero-order valence-electron chi connectivity index (χ0n) is 8.72. The topological polar surface area (TPSA) is 25.0 Å². The summed E-state index contributed by atoms with van der Waals surface area (Å²) >= 11 is 3.44. The summed E-state index contributed by atoms with van der Waals surface area (Å²) in [6.45, 7) is 0. The third-order valence-electron chi connectivity index (χ3n) is 2.46. The van der Waals surface area contributed by atoms with Crippen molar-refractivity contribution in [1.29, 1.82) is 0 Å². The molecular formula is C12H14BrNO. The van der Waals surface area contributed by atoms with Gasteiger partial charge in [0.25, 0.3) is 0 Å². The van der Waals surface area contributed by atoms with E-state index in [1.54, 1.807) is 7.11 Å². The largest absolute Gasteiger partial charge is 0.497 e. The van der Waals surface area contributed by atoms with E-state index < -0.39 is 0 Å². The number of hydrogen-bond donors (Lipinski definition) is 1. The summed E-state index contributed by atoms with van der Waals surface area (Å²) in [5.74, 6) is 0.911. The van der Waals surface area contributed by atoms with E-state index in [0.717, 1.165) is 23.9 Å². The molecule has 3 heteroatoms. The lowest BCUT2D eigenvalue weighted by atomic mass is 10.2. The Kier molecular flexibility index (Phi) is 3.31. The van der Waals surface area contributed by atoms with E-state index in [2.05, 4.69) is 39.1 Å². The molecule has 0 aliphatic heterocycles. The Morgan fingerprint density at radius 3 is 2.93 bits per heavy atom. The number of aryl methyl sites for hydroxylation is 1. The van der Waals surface area contributed by atoms with Crippen molar-refractivity contribution in [2.45, 2.75) is 12.8 Å². The number of ether oxygens (including phenoxy) is 1. The van der Waals surface area contributed by atoms with Crippen molar-refractivity contribution in [3.8, 4) is 5.75 Å². The van der Waals surface area contributed by atoms with Crippen LogP contribution in [0.5, 0.6) is 5.75 Å². The van der Waals surface area contributed by atoms with Crippen molar-refractivity contribution in [2.75, 3.05) is 12.4 Å². The van der Waals surface area contributed by atoms with E-state index in [1.165, 1.54) is 16.6 Å². The van der Waals surface area contributed by atoms with Crippen molar-refractivity contribution < 1.29 is 4.74 Å². The first-order valence-corrected chi connectivity index (χ1v) is 6.17. The van der Waals surface area contributed by atoms with Crippen molar-refractivity contribution in [3.63, 3.8) is 0 Å². The fraction of sp³-hybridized carbons (Fsp3) is 0.333. The van der Waals surface area contributed by atoms with Crippen LogP contribution in [0.2, 0.25) is 0 Å². The Bertz CT molecular complexity index is 450. The summed E-state index contributed by atoms with van der Waals surface area (Å²) in [7, 11) is 1.69. The van der Waals surface area contributed by atoms with Gasteiger partial charge in [-0.25, -0.2) is 0 Å². The number of alkyl halides is 1. The molecule has 2 aromatic rings. The SMILES string of the molecule is COc1ccc2[nH]c(CCCBr)cc2c1. The number of halogens is 1. The minimum atomic E-state index is 0.911. The van der Waals surface area contributed by atoms with Crippen LogP contribution in [0.3, 0.4) is 0 Å². The third-order valence-corrected chi connectivity index (χ3v) is 3.02. The van der Waals surface area contributed by atoms with Crippen LogP contribution in [0.25, 0.3) is 10.9 Å². The summed E-state index contributed by atoms with van der Waals surface area (Å²) in [4.78, 5) is 3.41. The lowest BCUT2D eigenvalue weighted by Crippen LogP contribution is -1.84. The summed E-state index contributed by atoms with van der Waals surface area (Å²) < 4.78 is 5.19. The molecule has 1 aromatic carbocycles. The lowest BCUT2D eigenvalue weighted by molar-refractivity contribution is 0.415. The van der Waals surface area contributed by atoms with Crippen LogP contribution in [0.4, 0.5) is 0 Å². The predicted octanol–water partition coefficient (Wildman–Crippen LogP) is 3.50. The minimum Gasteiger partial charge on any atom is -0.497 e. The second-order valence-electron chi connectivity index (χ2n) is 3.54. The summed E-state index contributed by atoms with van der Waals surface area (Å²) in [6, 6.07) is 8.29. The van der Waals surface area contributed by atoms with E-state index >= 15 is 0 Å². The highest BCUT2D eigenvalue weighted by atomic mass is 79.9. The Balaban J connectivity index is 2.29. The molecule has 0 bridgehead atoms. The zero-order chi connectivity index (χ0) is 10.7. The number of aromatic nitrogens is 1. The van der Waals surface area contributed by atoms with Gasteiger partial charge in [-0.1, -0.05) is 15.9 Å². The molecule has 0 spiro atoms. The van der Waals surface area contributed by atoms with Gasteiger partial charge in [0.05, 0.1) is 7.11 Å². The van der Waals surface area contributed by atoms with E-state index in [-0.39, 0.29) is 0 Å². The number of methoxy groups -OCH3 is 1. The zero-order valence-corrected chi connectivity index (χ0v) is 10.3. The smallest absolute Gasteiger partial charge is 0.119 e. The fourth-order valence-electron chi connectivity index (χ4n) is 1.69. The Morgan fingerprint density at radius 1 is 1.33 bits per heavy atom. The van der Waals surface area contributed by atoms with E-state index in [9.17, 15) is 0 Å². The highest BCUT2D eigenvalue weighted by Gasteiger charge is 2.01. The standard InChI is InChI=1S/C12H14BrNO/c1-15-11-4-5-12-9(8-11)7-10(14-12)3-2-6-13/h4-5,7-8,14H,2-3,6H2,1H3. The van der Waals surface area contributed by atoms with Gasteiger partial charge in [-0.2, -0.15) is 0 Å². The molecule has 2 rings (SSSR count). The maximum absolute atomic E-state index is 5.19. The molecule has 2 nitrogen and oxygen atoms in total. The molecule has 0 unspecified atom stereocenters. The quantitative estimate of drug-likeness (QED) is 0.843. The molecule has 0 saturated heterocycles. The van der Waals surface area contributed by atoms with Crippen molar-refractivity contribution >= 4 is 26.8 Å². The minimum absolute atomic E-state index is 0.911. The van der Waals surface area contributed by atoms with Gasteiger partial charge >= 0.3 is 0 Å². The van der Waals surface area contributed by atoms with Gasteiger partial charge in [0.15, 0.2) is 0 Å². The molecule has 15 heavy (non-hydrogen) atoms. The number of fused-ring (bicyclic) bond motifs is 1. The number of benzene rings is 1. The second-order valence-corrected chi connectivity index (χ2v) is 4.33. The Morgan fingerprint density at radius 2 is 2.20 bits per heavy atom. The fourth-order valence-corrected chi connectivity index (χ4v) is 1.97. The molecule has 0 aliphatic carbocycles. The number of H-pyrrole nitrogens is 1. The van der Waals surface area contributed by atoms with Crippen LogP contribution >= 0.6 is 15.9 Å². The van der Waals surface area contributed by atoms with Gasteiger partial charge in [-0.15, -0.1) is 0 Å². The molecule has 80 valence electrons. The molecule has 0 fully saturated rings. The molecule has 1 aromatic heterocycles. The second kappa shape index (κ2) is 4.71. The summed E-state index contributed by atoms with van der Waals surface area (Å²) in [5.41, 5.74) is 2.47. The monoisotopic (exact) mass is 267 g/mol. The highest BCUT2D eigenvalue weighted by molar-refractivity contribution is 9.09. The Labute approximate surface area is 97.8 Å². The van der Waals surface area contributed by atoms with Gasteiger partial charge < -0.3 is 9.72 Å². The molecule has 0 radical (unpaired) electrons. The average Bonchev–Trinajstić information content (AvgIpc) is 2.67. The van der Waals surface area contributed by atoms with Gasteiger partial charge in [-0.3, -0.25) is 0 Å². The normalized spacial score (nSPS) is 10.8. The van der Waals surface area contributed by atoms with Gasteiger partial charge in [0.2, 0.25) is 0 Å². The van der Waals surface area contributed by atoms with Crippen LogP contribution in [0, 0.1) is 0 Å². The van der Waals surface area contributed by atoms with E-state index in [1.807, 2.05) is 6.07 Å². The maximum Gasteiger partial charge on any atom is 0.119 e. The molecule has 1 N–H and O–H groups in total. The van der Waals surface area contributed by atoms with Crippen molar-refractivity contribution in [1.82, 2.24) is 4.98 Å². The lowest BCUT2D eigenvalue weighted by Gasteiger charge is -1.97. The first-order valence-electron chi connectivity index (χ1n) is 5.05. The maximum atomic E-state index is 5.19. The van der Waals surface area contributed by atoms with Crippen LogP contribution in [-0.2, 0) is 6.42 Å². The van der Waals surface area contributed by atoms with Crippen LogP contribution in [0.15, 0.2) is 24.3 Å². The van der Waals surface area contributed by atoms with Gasteiger partial charge in [0, 0.05) is 21.9 Å². The summed E-state index contributed by atoms with van der Waals surface area (Å²) in [6.07, 6.45) is 2.24. The number of nitrogens with one attached hydrogen (secondary N) is 1. The molecular weight excluding hydrogens is 254 g/mol. The number of rotatable bonds is 4. The molecule has 1 heterocycles. The first-order chi connectivity index (χ1) is 7.33. The first kappa shape index (κ1) is 10.6. The number of hydrogen-bond acceptors (Lipinski definition) is 1. The highest BCUT2D eigenvalue weighted by Crippen LogP contribution is 2.21. The van der Waals surface area contributed by atoms with Crippen molar-refractivity contribution in [2.24, 2.45) is 0 Å².